The molecule has 28 heavy (non-hydrogen) atoms. The van der Waals surface area contributed by atoms with Gasteiger partial charge in [-0.25, -0.2) is 4.39 Å². The van der Waals surface area contributed by atoms with E-state index >= 15 is 0 Å². The van der Waals surface area contributed by atoms with Crippen LogP contribution in [0.4, 0.5) is 4.39 Å². The van der Waals surface area contributed by atoms with Crippen molar-refractivity contribution in [3.63, 3.8) is 0 Å². The van der Waals surface area contributed by atoms with Gasteiger partial charge in [0, 0.05) is 38.2 Å². The molecule has 0 N–H and O–H groups in total. The van der Waals surface area contributed by atoms with E-state index in [2.05, 4.69) is 0 Å². The third-order valence-electron chi connectivity index (χ3n) is 5.06. The summed E-state index contributed by atoms with van der Waals surface area (Å²) in [4.78, 5) is 28.7. The number of hydrogen-bond donors (Lipinski definition) is 0. The highest BCUT2D eigenvalue weighted by Gasteiger charge is 2.22. The van der Waals surface area contributed by atoms with Crippen LogP contribution in [0.5, 0.6) is 5.75 Å². The molecule has 1 fully saturated rings. The quantitative estimate of drug-likeness (QED) is 0.689. The maximum atomic E-state index is 13.0. The molecular weight excluding hydrogens is 359 g/mol. The van der Waals surface area contributed by atoms with Crippen LogP contribution in [0.2, 0.25) is 0 Å². The van der Waals surface area contributed by atoms with Crippen LogP contribution in [-0.4, -0.2) is 61.3 Å². The number of piperazine rings is 1. The summed E-state index contributed by atoms with van der Waals surface area (Å²) in [6, 6.07) is 13.3. The van der Waals surface area contributed by atoms with Crippen molar-refractivity contribution in [1.29, 1.82) is 0 Å². The van der Waals surface area contributed by atoms with Crippen LogP contribution in [0.25, 0.3) is 0 Å². The number of methoxy groups -OCH3 is 1. The van der Waals surface area contributed by atoms with Crippen LogP contribution >= 0.6 is 0 Å². The van der Waals surface area contributed by atoms with Gasteiger partial charge in [0.05, 0.1) is 13.7 Å². The van der Waals surface area contributed by atoms with Gasteiger partial charge in [0.25, 0.3) is 0 Å². The van der Waals surface area contributed by atoms with Gasteiger partial charge in [-0.1, -0.05) is 18.2 Å². The number of benzene rings is 2. The van der Waals surface area contributed by atoms with Crippen LogP contribution in [0.15, 0.2) is 48.5 Å². The zero-order valence-corrected chi connectivity index (χ0v) is 16.1. The number of amides is 1. The normalized spacial score (nSPS) is 14.7. The van der Waals surface area contributed by atoms with Crippen molar-refractivity contribution in [2.24, 2.45) is 0 Å². The molecule has 1 saturated heterocycles. The van der Waals surface area contributed by atoms with E-state index < -0.39 is 0 Å². The first-order valence-electron chi connectivity index (χ1n) is 9.47. The number of aryl methyl sites for hydroxylation is 1. The van der Waals surface area contributed by atoms with E-state index in [0.717, 1.165) is 11.3 Å². The SMILES string of the molecule is COc1ccccc1CCC(=O)N1CCN(CC(=O)c2ccc(F)cc2)CC1. The molecule has 1 aliphatic heterocycles. The van der Waals surface area contributed by atoms with E-state index in [1.54, 1.807) is 7.11 Å². The number of nitrogens with zero attached hydrogens (tertiary/aromatic N) is 2. The second-order valence-electron chi connectivity index (χ2n) is 6.90. The first kappa shape index (κ1) is 20.0. The van der Waals surface area contributed by atoms with Crippen molar-refractivity contribution in [2.45, 2.75) is 12.8 Å². The Balaban J connectivity index is 1.45. The molecule has 0 spiro atoms. The minimum atomic E-state index is -0.350. The van der Waals surface area contributed by atoms with E-state index in [9.17, 15) is 14.0 Å². The number of rotatable bonds is 7. The summed E-state index contributed by atoms with van der Waals surface area (Å²) in [5.74, 6) is 0.544. The zero-order chi connectivity index (χ0) is 19.9. The third kappa shape index (κ3) is 5.16. The molecule has 0 aliphatic carbocycles. The Hall–Kier alpha value is -2.73. The molecule has 1 amide bonds. The highest BCUT2D eigenvalue weighted by atomic mass is 19.1. The molecule has 5 nitrogen and oxygen atoms in total. The second kappa shape index (κ2) is 9.46. The fraction of sp³-hybridized carbons (Fsp3) is 0.364. The fourth-order valence-electron chi connectivity index (χ4n) is 3.39. The lowest BCUT2D eigenvalue weighted by atomic mass is 10.1. The maximum absolute atomic E-state index is 13.0. The number of ether oxygens (including phenoxy) is 1. The molecule has 2 aromatic rings. The van der Waals surface area contributed by atoms with Gasteiger partial charge >= 0.3 is 0 Å². The molecule has 0 atom stereocenters. The first-order chi connectivity index (χ1) is 13.6. The summed E-state index contributed by atoms with van der Waals surface area (Å²) in [6.45, 7) is 2.83. The average Bonchev–Trinajstić information content (AvgIpc) is 2.73. The molecule has 0 unspecified atom stereocenters. The number of carbonyl (C=O) groups excluding carboxylic acids is 2. The summed E-state index contributed by atoms with van der Waals surface area (Å²) in [5, 5.41) is 0. The molecule has 6 heteroatoms. The largest absolute Gasteiger partial charge is 0.496 e. The zero-order valence-electron chi connectivity index (χ0n) is 16.1. The van der Waals surface area contributed by atoms with Crippen molar-refractivity contribution in [3.05, 3.63) is 65.5 Å². The van der Waals surface area contributed by atoms with Crippen LogP contribution in [0.3, 0.4) is 0 Å². The highest BCUT2D eigenvalue weighted by molar-refractivity contribution is 5.97. The molecular formula is C22H25FN2O3. The summed E-state index contributed by atoms with van der Waals surface area (Å²) >= 11 is 0. The van der Waals surface area contributed by atoms with Gasteiger partial charge in [0.2, 0.25) is 5.91 Å². The van der Waals surface area contributed by atoms with Crippen LogP contribution in [0, 0.1) is 5.82 Å². The molecule has 0 radical (unpaired) electrons. The van der Waals surface area contributed by atoms with Crippen molar-refractivity contribution < 1.29 is 18.7 Å². The lowest BCUT2D eigenvalue weighted by Crippen LogP contribution is -2.49. The maximum Gasteiger partial charge on any atom is 0.222 e. The van der Waals surface area contributed by atoms with Crippen molar-refractivity contribution in [2.75, 3.05) is 39.8 Å². The van der Waals surface area contributed by atoms with Gasteiger partial charge in [-0.05, 0) is 42.3 Å². The molecule has 2 aromatic carbocycles. The van der Waals surface area contributed by atoms with E-state index in [-0.39, 0.29) is 24.1 Å². The predicted octanol–water partition coefficient (Wildman–Crippen LogP) is 2.79. The smallest absolute Gasteiger partial charge is 0.222 e. The van der Waals surface area contributed by atoms with E-state index in [1.165, 1.54) is 24.3 Å². The Morgan fingerprint density at radius 3 is 2.36 bits per heavy atom. The number of Topliss-reactive ketones (excluding diaryl/α,β-unsaturated/α-hetero) is 1. The molecule has 1 aliphatic rings. The number of hydrogen-bond acceptors (Lipinski definition) is 4. The minimum absolute atomic E-state index is 0.0315. The number of para-hydroxylation sites is 1. The molecule has 0 aromatic heterocycles. The Morgan fingerprint density at radius 1 is 1.00 bits per heavy atom. The van der Waals surface area contributed by atoms with Gasteiger partial charge in [-0.3, -0.25) is 14.5 Å². The monoisotopic (exact) mass is 384 g/mol. The number of ketones is 1. The van der Waals surface area contributed by atoms with Crippen LogP contribution in [-0.2, 0) is 11.2 Å². The predicted molar refractivity (Wildman–Crippen MR) is 105 cm³/mol. The van der Waals surface area contributed by atoms with Crippen molar-refractivity contribution in [3.8, 4) is 5.75 Å². The molecule has 0 bridgehead atoms. The van der Waals surface area contributed by atoms with Gasteiger partial charge < -0.3 is 9.64 Å². The van der Waals surface area contributed by atoms with E-state index in [0.29, 0.717) is 44.6 Å². The third-order valence-corrected chi connectivity index (χ3v) is 5.06. The van der Waals surface area contributed by atoms with E-state index in [4.69, 9.17) is 4.74 Å². The molecule has 3 rings (SSSR count). The van der Waals surface area contributed by atoms with Crippen molar-refractivity contribution >= 4 is 11.7 Å². The van der Waals surface area contributed by atoms with Crippen LogP contribution < -0.4 is 4.74 Å². The van der Waals surface area contributed by atoms with E-state index in [1.807, 2.05) is 34.1 Å². The second-order valence-corrected chi connectivity index (χ2v) is 6.90. The Kier molecular flexibility index (Phi) is 6.76. The molecule has 1 heterocycles. The summed E-state index contributed by atoms with van der Waals surface area (Å²) in [6.07, 6.45) is 1.08. The average molecular weight is 384 g/mol. The fourth-order valence-corrected chi connectivity index (χ4v) is 3.39. The first-order valence-corrected chi connectivity index (χ1v) is 9.47. The molecule has 148 valence electrons. The van der Waals surface area contributed by atoms with Crippen LogP contribution in [0.1, 0.15) is 22.3 Å². The molecule has 0 saturated carbocycles. The Bertz CT molecular complexity index is 815. The summed E-state index contributed by atoms with van der Waals surface area (Å²) in [7, 11) is 1.63. The number of halogens is 1. The van der Waals surface area contributed by atoms with Gasteiger partial charge in [-0.2, -0.15) is 0 Å². The lowest BCUT2D eigenvalue weighted by molar-refractivity contribution is -0.132. The Labute approximate surface area is 164 Å². The standard InChI is InChI=1S/C22H25FN2O3/c1-28-21-5-3-2-4-18(21)8-11-22(27)25-14-12-24(13-15-25)16-20(26)17-6-9-19(23)10-7-17/h2-7,9-10H,8,11-16H2,1H3. The minimum Gasteiger partial charge on any atom is -0.496 e. The topological polar surface area (TPSA) is 49.9 Å². The highest BCUT2D eigenvalue weighted by Crippen LogP contribution is 2.19. The van der Waals surface area contributed by atoms with Gasteiger partial charge in [0.15, 0.2) is 5.78 Å². The number of carbonyl (C=O) groups is 2. The van der Waals surface area contributed by atoms with Gasteiger partial charge in [-0.15, -0.1) is 0 Å². The van der Waals surface area contributed by atoms with Gasteiger partial charge in [0.1, 0.15) is 11.6 Å². The summed E-state index contributed by atoms with van der Waals surface area (Å²) in [5.41, 5.74) is 1.54. The summed E-state index contributed by atoms with van der Waals surface area (Å²) < 4.78 is 18.3. The Morgan fingerprint density at radius 2 is 1.68 bits per heavy atom. The van der Waals surface area contributed by atoms with Crippen molar-refractivity contribution in [1.82, 2.24) is 9.80 Å². The lowest BCUT2D eigenvalue weighted by Gasteiger charge is -2.34.